The molecule has 0 radical (unpaired) electrons. The van der Waals surface area contributed by atoms with E-state index >= 15 is 0 Å². The number of benzene rings is 4. The average Bonchev–Trinajstić information content (AvgIpc) is 2.87. The third-order valence-corrected chi connectivity index (χ3v) is 6.54. The van der Waals surface area contributed by atoms with Gasteiger partial charge in [-0.1, -0.05) is 66.2 Å². The molecule has 0 atom stereocenters. The summed E-state index contributed by atoms with van der Waals surface area (Å²) in [6.07, 6.45) is 0. The van der Waals surface area contributed by atoms with Crippen molar-refractivity contribution >= 4 is 44.9 Å². The van der Waals surface area contributed by atoms with Crippen molar-refractivity contribution in [2.75, 3.05) is 0 Å². The van der Waals surface area contributed by atoms with Crippen LogP contribution < -0.4 is 5.46 Å². The Balaban J connectivity index is 1.65. The zero-order valence-electron chi connectivity index (χ0n) is 17.2. The van der Waals surface area contributed by atoms with Crippen molar-refractivity contribution in [3.05, 3.63) is 66.2 Å². The maximum Gasteiger partial charge on any atom is 0.494 e. The van der Waals surface area contributed by atoms with Crippen LogP contribution in [0.4, 0.5) is 0 Å². The number of fused-ring (bicyclic) bond motifs is 5. The maximum absolute atomic E-state index is 6.23. The molecule has 0 saturated carbocycles. The van der Waals surface area contributed by atoms with Crippen molar-refractivity contribution in [2.45, 2.75) is 45.8 Å². The van der Waals surface area contributed by atoms with Crippen molar-refractivity contribution < 1.29 is 9.31 Å². The molecule has 1 saturated heterocycles. The monoisotopic (exact) mass is 368 g/mol. The van der Waals surface area contributed by atoms with Gasteiger partial charge >= 0.3 is 7.12 Å². The summed E-state index contributed by atoms with van der Waals surface area (Å²) in [5.74, 6) is 0. The van der Waals surface area contributed by atoms with Crippen LogP contribution in [-0.4, -0.2) is 18.3 Å². The van der Waals surface area contributed by atoms with E-state index in [2.05, 4.69) is 95.3 Å². The summed E-state index contributed by atoms with van der Waals surface area (Å²) in [7, 11) is -0.329. The zero-order chi connectivity index (χ0) is 19.7. The van der Waals surface area contributed by atoms with Gasteiger partial charge in [0, 0.05) is 0 Å². The molecule has 140 valence electrons. The molecule has 0 aliphatic carbocycles. The van der Waals surface area contributed by atoms with Crippen LogP contribution in [0.15, 0.2) is 60.7 Å². The van der Waals surface area contributed by atoms with Crippen LogP contribution in [0, 0.1) is 6.92 Å². The summed E-state index contributed by atoms with van der Waals surface area (Å²) in [6, 6.07) is 22.2. The van der Waals surface area contributed by atoms with Crippen LogP contribution in [0.5, 0.6) is 0 Å². The molecule has 1 heterocycles. The molecular formula is C25H25BO2. The number of rotatable bonds is 1. The number of aryl methyl sites for hydroxylation is 1. The van der Waals surface area contributed by atoms with E-state index in [-0.39, 0.29) is 18.3 Å². The first-order chi connectivity index (χ1) is 13.2. The molecule has 0 N–H and O–H groups in total. The Morgan fingerprint density at radius 1 is 0.607 bits per heavy atom. The molecule has 28 heavy (non-hydrogen) atoms. The highest BCUT2D eigenvalue weighted by Gasteiger charge is 2.51. The van der Waals surface area contributed by atoms with Crippen LogP contribution in [0.2, 0.25) is 0 Å². The Kier molecular flexibility index (Phi) is 3.69. The third kappa shape index (κ3) is 2.57. The van der Waals surface area contributed by atoms with Gasteiger partial charge < -0.3 is 9.31 Å². The van der Waals surface area contributed by atoms with Gasteiger partial charge in [-0.15, -0.1) is 0 Å². The summed E-state index contributed by atoms with van der Waals surface area (Å²) in [6.45, 7) is 10.5. The Morgan fingerprint density at radius 2 is 1.11 bits per heavy atom. The fourth-order valence-electron chi connectivity index (χ4n) is 4.15. The van der Waals surface area contributed by atoms with E-state index in [0.29, 0.717) is 0 Å². The van der Waals surface area contributed by atoms with E-state index in [1.807, 2.05) is 0 Å². The van der Waals surface area contributed by atoms with E-state index in [9.17, 15) is 0 Å². The molecular weight excluding hydrogens is 343 g/mol. The Labute approximate surface area is 166 Å². The normalized spacial score (nSPS) is 18.4. The molecule has 4 aromatic carbocycles. The second kappa shape index (κ2) is 5.82. The van der Waals surface area contributed by atoms with Crippen molar-refractivity contribution in [3.63, 3.8) is 0 Å². The molecule has 1 aliphatic heterocycles. The zero-order valence-corrected chi connectivity index (χ0v) is 17.2. The van der Waals surface area contributed by atoms with Crippen LogP contribution >= 0.6 is 0 Å². The minimum atomic E-state index is -0.329. The highest BCUT2D eigenvalue weighted by Crippen LogP contribution is 2.37. The lowest BCUT2D eigenvalue weighted by molar-refractivity contribution is 0.00578. The molecule has 1 fully saturated rings. The smallest absolute Gasteiger partial charge is 0.399 e. The minimum absolute atomic E-state index is 0.326. The van der Waals surface area contributed by atoms with E-state index in [1.54, 1.807) is 0 Å². The largest absolute Gasteiger partial charge is 0.494 e. The first-order valence-electron chi connectivity index (χ1n) is 9.97. The van der Waals surface area contributed by atoms with Gasteiger partial charge in [-0.25, -0.2) is 0 Å². The fraction of sp³-hybridized carbons (Fsp3) is 0.280. The Hall–Kier alpha value is -2.36. The van der Waals surface area contributed by atoms with E-state index < -0.39 is 0 Å². The maximum atomic E-state index is 6.23. The van der Waals surface area contributed by atoms with Crippen molar-refractivity contribution in [3.8, 4) is 0 Å². The van der Waals surface area contributed by atoms with Gasteiger partial charge in [0.15, 0.2) is 0 Å². The number of hydrogen-bond acceptors (Lipinski definition) is 2. The van der Waals surface area contributed by atoms with Crippen LogP contribution in [0.25, 0.3) is 32.3 Å². The van der Waals surface area contributed by atoms with Crippen molar-refractivity contribution in [2.24, 2.45) is 0 Å². The van der Waals surface area contributed by atoms with Gasteiger partial charge in [0.2, 0.25) is 0 Å². The SMILES string of the molecule is Cc1ccc2c(ccc3c4ccc(B5OC(C)(C)C(C)(C)O5)cc4ccc23)c1. The van der Waals surface area contributed by atoms with E-state index in [4.69, 9.17) is 9.31 Å². The van der Waals surface area contributed by atoms with Crippen molar-refractivity contribution in [1.82, 2.24) is 0 Å². The van der Waals surface area contributed by atoms with Crippen LogP contribution in [0.3, 0.4) is 0 Å². The van der Waals surface area contributed by atoms with Crippen molar-refractivity contribution in [1.29, 1.82) is 0 Å². The van der Waals surface area contributed by atoms with E-state index in [1.165, 1.54) is 37.9 Å². The second-order valence-corrected chi connectivity index (χ2v) is 9.02. The molecule has 0 amide bonds. The van der Waals surface area contributed by atoms with Gasteiger partial charge in [0.05, 0.1) is 11.2 Å². The molecule has 3 heteroatoms. The minimum Gasteiger partial charge on any atom is -0.399 e. The van der Waals surface area contributed by atoms with E-state index in [0.717, 1.165) is 5.46 Å². The molecule has 2 nitrogen and oxygen atoms in total. The predicted molar refractivity (Wildman–Crippen MR) is 119 cm³/mol. The third-order valence-electron chi connectivity index (χ3n) is 6.54. The molecule has 0 spiro atoms. The van der Waals surface area contributed by atoms with Gasteiger partial charge in [-0.05, 0) is 72.4 Å². The summed E-state index contributed by atoms with van der Waals surface area (Å²) < 4.78 is 12.5. The van der Waals surface area contributed by atoms with Gasteiger partial charge in [0.25, 0.3) is 0 Å². The topological polar surface area (TPSA) is 18.5 Å². The molecule has 1 aliphatic rings. The summed E-state index contributed by atoms with van der Waals surface area (Å²) in [4.78, 5) is 0. The fourth-order valence-corrected chi connectivity index (χ4v) is 4.15. The Bertz CT molecular complexity index is 1220. The predicted octanol–water partition coefficient (Wildman–Crippen LogP) is 5.75. The highest BCUT2D eigenvalue weighted by atomic mass is 16.7. The first-order valence-corrected chi connectivity index (χ1v) is 9.97. The lowest BCUT2D eigenvalue weighted by atomic mass is 9.78. The highest BCUT2D eigenvalue weighted by molar-refractivity contribution is 6.62. The van der Waals surface area contributed by atoms with Crippen LogP contribution in [0.1, 0.15) is 33.3 Å². The molecule has 4 aromatic rings. The summed E-state index contributed by atoms with van der Waals surface area (Å²) in [5, 5.41) is 7.66. The number of hydrogen-bond donors (Lipinski definition) is 0. The average molecular weight is 368 g/mol. The summed E-state index contributed by atoms with van der Waals surface area (Å²) in [5.41, 5.74) is 1.71. The lowest BCUT2D eigenvalue weighted by Gasteiger charge is -2.32. The summed E-state index contributed by atoms with van der Waals surface area (Å²) >= 11 is 0. The standard InChI is InChI=1S/C25H25BO2/c1-16-6-10-20-17(14-16)7-11-23-21-13-9-19(15-18(21)8-12-22(20)23)26-27-24(2,3)25(4,5)28-26/h6-15H,1-5H3. The van der Waals surface area contributed by atoms with Gasteiger partial charge in [0.1, 0.15) is 0 Å². The Morgan fingerprint density at radius 3 is 1.71 bits per heavy atom. The quantitative estimate of drug-likeness (QED) is 0.314. The van der Waals surface area contributed by atoms with Gasteiger partial charge in [-0.2, -0.15) is 0 Å². The molecule has 5 rings (SSSR count). The molecule has 0 aromatic heterocycles. The van der Waals surface area contributed by atoms with Crippen LogP contribution in [-0.2, 0) is 9.31 Å². The van der Waals surface area contributed by atoms with Gasteiger partial charge in [-0.3, -0.25) is 0 Å². The second-order valence-electron chi connectivity index (χ2n) is 9.02. The molecule has 0 bridgehead atoms. The lowest BCUT2D eigenvalue weighted by Crippen LogP contribution is -2.41. The first kappa shape index (κ1) is 17.7. The molecule has 0 unspecified atom stereocenters.